The van der Waals surface area contributed by atoms with E-state index >= 15 is 0 Å². The molecule has 4 heteroatoms. The summed E-state index contributed by atoms with van der Waals surface area (Å²) in [6.07, 6.45) is 1.89. The van der Waals surface area contributed by atoms with Crippen molar-refractivity contribution in [3.8, 4) is 56.1 Å². The van der Waals surface area contributed by atoms with Crippen molar-refractivity contribution in [3.05, 3.63) is 206 Å². The molecule has 262 valence electrons. The summed E-state index contributed by atoms with van der Waals surface area (Å²) in [5.41, 5.74) is 16.5. The maximum atomic E-state index is 5.17. The largest absolute Gasteiger partial charge is 0.309 e. The fraction of sp³-hybridized carbons (Fsp3) is 0. The lowest BCUT2D eigenvalue weighted by atomic mass is 10.00. The molecule has 0 aliphatic carbocycles. The SMILES string of the molecule is c1ccc(-c2cc(-c3ccccc3)nc(-c3ccc(-n4c5ccc(-c6ccc7c8ccccc8n(-c8ccccc8)c7c6)cc5c5ncccc54)cc3)c2)cc1. The van der Waals surface area contributed by atoms with Gasteiger partial charge in [0.25, 0.3) is 0 Å². The Balaban J connectivity index is 1.02. The Bertz CT molecular complexity index is 3160. The van der Waals surface area contributed by atoms with Gasteiger partial charge in [-0.2, -0.15) is 0 Å². The number of hydrogen-bond acceptors (Lipinski definition) is 2. The maximum Gasteiger partial charge on any atom is 0.0963 e. The minimum atomic E-state index is 0.938. The second-order valence-corrected chi connectivity index (χ2v) is 14.3. The van der Waals surface area contributed by atoms with Gasteiger partial charge in [-0.15, -0.1) is 0 Å². The molecule has 11 rings (SSSR count). The molecule has 0 spiro atoms. The van der Waals surface area contributed by atoms with Crippen LogP contribution < -0.4 is 0 Å². The number of benzene rings is 7. The molecule has 0 saturated carbocycles. The first kappa shape index (κ1) is 31.9. The smallest absolute Gasteiger partial charge is 0.0963 e. The second-order valence-electron chi connectivity index (χ2n) is 14.3. The molecule has 0 unspecified atom stereocenters. The quantitative estimate of drug-likeness (QED) is 0.172. The Labute approximate surface area is 324 Å². The predicted molar refractivity (Wildman–Crippen MR) is 232 cm³/mol. The first-order valence-corrected chi connectivity index (χ1v) is 19.0. The molecule has 0 N–H and O–H groups in total. The van der Waals surface area contributed by atoms with Crippen LogP contribution in [0.5, 0.6) is 0 Å². The standard InChI is InChI=1S/C52H34N4/c1-4-13-35(14-5-1)40-32-46(36-15-6-2-7-16-36)54-47(33-40)37-22-26-42(27-23-37)55-49-29-25-38(31-45(49)52-50(55)21-12-30-53-52)39-24-28-44-43-19-10-11-20-48(43)56(51(44)34-39)41-17-8-3-9-18-41/h1-34H. The molecule has 0 atom stereocenters. The molecule has 11 aromatic rings. The van der Waals surface area contributed by atoms with Gasteiger partial charge < -0.3 is 9.13 Å². The maximum absolute atomic E-state index is 5.17. The summed E-state index contributed by atoms with van der Waals surface area (Å²) in [5.74, 6) is 0. The highest BCUT2D eigenvalue weighted by molar-refractivity contribution is 6.11. The van der Waals surface area contributed by atoms with Crippen molar-refractivity contribution in [1.29, 1.82) is 0 Å². The van der Waals surface area contributed by atoms with Crippen LogP contribution in [0.15, 0.2) is 206 Å². The first-order chi connectivity index (χ1) is 27.8. The van der Waals surface area contributed by atoms with Crippen molar-refractivity contribution in [2.45, 2.75) is 0 Å². The number of fused-ring (bicyclic) bond motifs is 6. The zero-order valence-corrected chi connectivity index (χ0v) is 30.4. The molecule has 4 aromatic heterocycles. The van der Waals surface area contributed by atoms with Crippen molar-refractivity contribution in [1.82, 2.24) is 19.1 Å². The van der Waals surface area contributed by atoms with Crippen molar-refractivity contribution >= 4 is 43.7 Å². The average molecular weight is 715 g/mol. The fourth-order valence-corrected chi connectivity index (χ4v) is 8.31. The minimum Gasteiger partial charge on any atom is -0.309 e. The number of nitrogens with zero attached hydrogens (tertiary/aromatic N) is 4. The molecule has 0 aliphatic heterocycles. The van der Waals surface area contributed by atoms with Crippen LogP contribution in [-0.2, 0) is 0 Å². The number of pyridine rings is 2. The number of aromatic nitrogens is 4. The molecule has 0 fully saturated rings. The van der Waals surface area contributed by atoms with Crippen molar-refractivity contribution in [3.63, 3.8) is 0 Å². The summed E-state index contributed by atoms with van der Waals surface area (Å²) in [4.78, 5) is 10.1. The normalized spacial score (nSPS) is 11.6. The zero-order valence-electron chi connectivity index (χ0n) is 30.4. The summed E-state index contributed by atoms with van der Waals surface area (Å²) in [5, 5.41) is 3.62. The third-order valence-corrected chi connectivity index (χ3v) is 11.0. The molecule has 7 aromatic carbocycles. The molecule has 0 amide bonds. The van der Waals surface area contributed by atoms with E-state index in [1.807, 2.05) is 18.3 Å². The van der Waals surface area contributed by atoms with E-state index in [2.05, 4.69) is 197 Å². The molecule has 0 radical (unpaired) electrons. The van der Waals surface area contributed by atoms with E-state index < -0.39 is 0 Å². The van der Waals surface area contributed by atoms with E-state index in [-0.39, 0.29) is 0 Å². The molecule has 0 bridgehead atoms. The lowest BCUT2D eigenvalue weighted by Crippen LogP contribution is -1.95. The van der Waals surface area contributed by atoms with E-state index in [9.17, 15) is 0 Å². The summed E-state index contributed by atoms with van der Waals surface area (Å²) >= 11 is 0. The van der Waals surface area contributed by atoms with Gasteiger partial charge in [0.15, 0.2) is 0 Å². The zero-order chi connectivity index (χ0) is 37.0. The summed E-state index contributed by atoms with van der Waals surface area (Å²) in [6, 6.07) is 71.2. The van der Waals surface area contributed by atoms with Gasteiger partial charge in [-0.25, -0.2) is 4.98 Å². The van der Waals surface area contributed by atoms with Gasteiger partial charge >= 0.3 is 0 Å². The average Bonchev–Trinajstić information content (AvgIpc) is 3.79. The van der Waals surface area contributed by atoms with E-state index in [4.69, 9.17) is 9.97 Å². The Morgan fingerprint density at radius 1 is 0.304 bits per heavy atom. The fourth-order valence-electron chi connectivity index (χ4n) is 8.31. The highest BCUT2D eigenvalue weighted by atomic mass is 15.0. The van der Waals surface area contributed by atoms with Crippen LogP contribution >= 0.6 is 0 Å². The molecular formula is C52H34N4. The van der Waals surface area contributed by atoms with Gasteiger partial charge in [-0.1, -0.05) is 127 Å². The Morgan fingerprint density at radius 3 is 1.61 bits per heavy atom. The van der Waals surface area contributed by atoms with Gasteiger partial charge in [-0.3, -0.25) is 4.98 Å². The first-order valence-electron chi connectivity index (χ1n) is 19.0. The molecule has 4 heterocycles. The molecule has 56 heavy (non-hydrogen) atoms. The van der Waals surface area contributed by atoms with Gasteiger partial charge in [0.1, 0.15) is 0 Å². The van der Waals surface area contributed by atoms with Crippen molar-refractivity contribution < 1.29 is 0 Å². The molecule has 0 saturated heterocycles. The molecule has 4 nitrogen and oxygen atoms in total. The van der Waals surface area contributed by atoms with Gasteiger partial charge in [0.05, 0.1) is 39.0 Å². The molecular weight excluding hydrogens is 681 g/mol. The van der Waals surface area contributed by atoms with Gasteiger partial charge in [0.2, 0.25) is 0 Å². The Kier molecular flexibility index (Phi) is 7.46. The highest BCUT2D eigenvalue weighted by Gasteiger charge is 2.17. The van der Waals surface area contributed by atoms with Crippen LogP contribution in [-0.4, -0.2) is 19.1 Å². The third kappa shape index (κ3) is 5.31. The highest BCUT2D eigenvalue weighted by Crippen LogP contribution is 2.38. The number of rotatable bonds is 6. The van der Waals surface area contributed by atoms with Crippen LogP contribution in [0.4, 0.5) is 0 Å². The van der Waals surface area contributed by atoms with E-state index in [0.717, 1.165) is 67.0 Å². The van der Waals surface area contributed by atoms with Crippen LogP contribution in [0, 0.1) is 0 Å². The molecule has 0 aliphatic rings. The van der Waals surface area contributed by atoms with Crippen LogP contribution in [0.1, 0.15) is 0 Å². The van der Waals surface area contributed by atoms with Crippen LogP contribution in [0.2, 0.25) is 0 Å². The summed E-state index contributed by atoms with van der Waals surface area (Å²) in [7, 11) is 0. The van der Waals surface area contributed by atoms with Gasteiger partial charge in [-0.05, 0) is 95.1 Å². The van der Waals surface area contributed by atoms with Crippen LogP contribution in [0.25, 0.3) is 99.9 Å². The van der Waals surface area contributed by atoms with Crippen LogP contribution in [0.3, 0.4) is 0 Å². The second kappa shape index (κ2) is 13.1. The number of hydrogen-bond donors (Lipinski definition) is 0. The number of para-hydroxylation sites is 2. The van der Waals surface area contributed by atoms with Crippen molar-refractivity contribution in [2.75, 3.05) is 0 Å². The van der Waals surface area contributed by atoms with Gasteiger partial charge in [0, 0.05) is 44.9 Å². The van der Waals surface area contributed by atoms with E-state index in [1.54, 1.807) is 0 Å². The monoisotopic (exact) mass is 714 g/mol. The van der Waals surface area contributed by atoms with E-state index in [1.165, 1.54) is 32.9 Å². The lowest BCUT2D eigenvalue weighted by Gasteiger charge is -2.12. The Hall–Kier alpha value is -7.56. The minimum absolute atomic E-state index is 0.938. The predicted octanol–water partition coefficient (Wildman–Crippen LogP) is 13.3. The summed E-state index contributed by atoms with van der Waals surface area (Å²) in [6.45, 7) is 0. The van der Waals surface area contributed by atoms with Crippen molar-refractivity contribution in [2.24, 2.45) is 0 Å². The topological polar surface area (TPSA) is 35.6 Å². The summed E-state index contributed by atoms with van der Waals surface area (Å²) < 4.78 is 4.70. The third-order valence-electron chi connectivity index (χ3n) is 11.0. The Morgan fingerprint density at radius 2 is 0.839 bits per heavy atom. The lowest BCUT2D eigenvalue weighted by molar-refractivity contribution is 1.17. The van der Waals surface area contributed by atoms with E-state index in [0.29, 0.717) is 0 Å².